The molecule has 2 aromatic carbocycles. The number of amides is 1. The maximum Gasteiger partial charge on any atom is 0.410 e. The van der Waals surface area contributed by atoms with Crippen LogP contribution >= 0.6 is 0 Å². The van der Waals surface area contributed by atoms with E-state index < -0.39 is 0 Å². The molecule has 1 saturated heterocycles. The quantitative estimate of drug-likeness (QED) is 0.221. The second kappa shape index (κ2) is 14.0. The molecule has 1 aliphatic rings. The van der Waals surface area contributed by atoms with Gasteiger partial charge >= 0.3 is 6.09 Å². The Hall–Kier alpha value is -4.13. The summed E-state index contributed by atoms with van der Waals surface area (Å²) in [7, 11) is 0. The van der Waals surface area contributed by atoms with Gasteiger partial charge in [0.25, 0.3) is 0 Å². The number of carbonyl (C=O) groups is 1. The molecule has 3 N–H and O–H groups in total. The van der Waals surface area contributed by atoms with Gasteiger partial charge in [0, 0.05) is 48.4 Å². The van der Waals surface area contributed by atoms with Gasteiger partial charge in [0.2, 0.25) is 0 Å². The van der Waals surface area contributed by atoms with Crippen molar-refractivity contribution in [2.75, 3.05) is 19.6 Å². The van der Waals surface area contributed by atoms with Crippen LogP contribution in [0.4, 0.5) is 10.5 Å². The van der Waals surface area contributed by atoms with Crippen LogP contribution in [0.2, 0.25) is 0 Å². The highest BCUT2D eigenvalue weighted by Crippen LogP contribution is 2.35. The number of carbonyl (C=O) groups excluding carboxylic acids is 1. The molecule has 2 aromatic rings. The minimum absolute atomic E-state index is 0.109. The maximum atomic E-state index is 12.2. The van der Waals surface area contributed by atoms with Crippen molar-refractivity contribution in [2.45, 2.75) is 39.7 Å². The predicted molar refractivity (Wildman–Crippen MR) is 159 cm³/mol. The number of nitrogens with two attached hydrogens (primary N) is 1. The zero-order valence-corrected chi connectivity index (χ0v) is 22.7. The lowest BCUT2D eigenvalue weighted by molar-refractivity contribution is 0.0656. The average Bonchev–Trinajstić information content (AvgIpc) is 2.92. The van der Waals surface area contributed by atoms with Crippen LogP contribution in [0.15, 0.2) is 89.5 Å². The minimum atomic E-state index is -0.226. The Morgan fingerprint density at radius 3 is 2.53 bits per heavy atom. The summed E-state index contributed by atoms with van der Waals surface area (Å²) in [5.74, 6) is 0.428. The SMILES string of the molecule is C=CC(=C\N=C/N)/C(C)=N/c1cccc(-c2ccccc2)c1C(=C)NCC1CCN(C(=O)OC(C)C)CC1. The standard InChI is InChI=1S/C31H39N5O2/c1-6-26(20-33-21-32)23(4)35-29-14-10-13-28(27-11-8-7-9-12-27)30(29)24(5)34-19-25-15-17-36(18-16-25)31(37)38-22(2)3/h6-14,20-22,25,34H,1,5,15-19H2,2-4H3,(H2,32,33)/b26-20+,35-23+. The van der Waals surface area contributed by atoms with E-state index in [1.54, 1.807) is 17.2 Å². The number of rotatable bonds is 10. The Kier molecular flexibility index (Phi) is 10.5. The van der Waals surface area contributed by atoms with Gasteiger partial charge in [-0.05, 0) is 56.7 Å². The van der Waals surface area contributed by atoms with E-state index in [4.69, 9.17) is 15.5 Å². The van der Waals surface area contributed by atoms with E-state index in [0.29, 0.717) is 19.0 Å². The number of hydrogen-bond acceptors (Lipinski definition) is 5. The summed E-state index contributed by atoms with van der Waals surface area (Å²) in [5.41, 5.74) is 11.7. The van der Waals surface area contributed by atoms with Crippen molar-refractivity contribution in [3.05, 3.63) is 85.1 Å². The number of allylic oxidation sites excluding steroid dienone is 2. The van der Waals surface area contributed by atoms with E-state index in [1.807, 2.05) is 51.1 Å². The van der Waals surface area contributed by atoms with Crippen molar-refractivity contribution in [3.8, 4) is 11.1 Å². The molecule has 200 valence electrons. The molecule has 0 saturated carbocycles. The molecule has 7 heteroatoms. The third-order valence-electron chi connectivity index (χ3n) is 6.47. The summed E-state index contributed by atoms with van der Waals surface area (Å²) < 4.78 is 5.35. The van der Waals surface area contributed by atoms with Gasteiger partial charge in [0.1, 0.15) is 0 Å². The highest BCUT2D eigenvalue weighted by molar-refractivity contribution is 6.03. The number of benzene rings is 2. The zero-order chi connectivity index (χ0) is 27.5. The van der Waals surface area contributed by atoms with Crippen LogP contribution in [0.5, 0.6) is 0 Å². The van der Waals surface area contributed by atoms with Crippen LogP contribution in [0, 0.1) is 5.92 Å². The molecule has 7 nitrogen and oxygen atoms in total. The van der Waals surface area contributed by atoms with Gasteiger partial charge in [-0.15, -0.1) is 0 Å². The van der Waals surface area contributed by atoms with Gasteiger partial charge in [-0.3, -0.25) is 4.99 Å². The first kappa shape index (κ1) is 28.4. The van der Waals surface area contributed by atoms with E-state index >= 15 is 0 Å². The van der Waals surface area contributed by atoms with E-state index in [1.165, 1.54) is 6.34 Å². The second-order valence-electron chi connectivity index (χ2n) is 9.57. The molecular weight excluding hydrogens is 474 g/mol. The lowest BCUT2D eigenvalue weighted by atomic mass is 9.94. The van der Waals surface area contributed by atoms with Gasteiger partial charge in [0.15, 0.2) is 0 Å². The van der Waals surface area contributed by atoms with E-state index in [9.17, 15) is 4.79 Å². The maximum absolute atomic E-state index is 12.2. The normalized spacial score (nSPS) is 15.1. The molecule has 0 spiro atoms. The van der Waals surface area contributed by atoms with Gasteiger partial charge in [-0.2, -0.15) is 0 Å². The molecule has 0 atom stereocenters. The average molecular weight is 514 g/mol. The van der Waals surface area contributed by atoms with Gasteiger partial charge in [0.05, 0.1) is 18.1 Å². The number of nitrogens with one attached hydrogen (secondary N) is 1. The van der Waals surface area contributed by atoms with Crippen LogP contribution in [0.1, 0.15) is 39.2 Å². The third-order valence-corrected chi connectivity index (χ3v) is 6.47. The predicted octanol–water partition coefficient (Wildman–Crippen LogP) is 6.32. The lowest BCUT2D eigenvalue weighted by Crippen LogP contribution is -2.41. The van der Waals surface area contributed by atoms with Crippen molar-refractivity contribution in [1.29, 1.82) is 0 Å². The minimum Gasteiger partial charge on any atom is -0.447 e. The Labute approximate surface area is 226 Å². The molecule has 0 aliphatic carbocycles. The van der Waals surface area contributed by atoms with E-state index in [-0.39, 0.29) is 12.2 Å². The summed E-state index contributed by atoms with van der Waals surface area (Å²) >= 11 is 0. The van der Waals surface area contributed by atoms with Crippen LogP contribution < -0.4 is 11.1 Å². The fraction of sp³-hybridized carbons (Fsp3) is 0.323. The van der Waals surface area contributed by atoms with Crippen LogP contribution in [0.25, 0.3) is 16.8 Å². The highest BCUT2D eigenvalue weighted by Gasteiger charge is 2.24. The third kappa shape index (κ3) is 7.68. The Morgan fingerprint density at radius 1 is 1.18 bits per heavy atom. The smallest absolute Gasteiger partial charge is 0.410 e. The number of likely N-dealkylation sites (tertiary alicyclic amines) is 1. The molecule has 0 radical (unpaired) electrons. The Morgan fingerprint density at radius 2 is 1.89 bits per heavy atom. The Bertz CT molecular complexity index is 1210. The van der Waals surface area contributed by atoms with Crippen molar-refractivity contribution >= 4 is 29.5 Å². The fourth-order valence-electron chi connectivity index (χ4n) is 4.42. The number of nitrogens with zero attached hydrogens (tertiary/aromatic N) is 3. The molecule has 1 fully saturated rings. The largest absolute Gasteiger partial charge is 0.447 e. The fourth-order valence-corrected chi connectivity index (χ4v) is 4.42. The summed E-state index contributed by atoms with van der Waals surface area (Å²) in [6.07, 6.45) is 6.07. The second-order valence-corrected chi connectivity index (χ2v) is 9.57. The molecular formula is C31H39N5O2. The monoisotopic (exact) mass is 513 g/mol. The molecule has 3 rings (SSSR count). The number of aliphatic imine (C=N–C) groups is 2. The van der Waals surface area contributed by atoms with Crippen LogP contribution in [-0.2, 0) is 4.74 Å². The molecule has 1 heterocycles. The summed E-state index contributed by atoms with van der Waals surface area (Å²) in [6.45, 7) is 16.1. The molecule has 0 aromatic heterocycles. The lowest BCUT2D eigenvalue weighted by Gasteiger charge is -2.32. The summed E-state index contributed by atoms with van der Waals surface area (Å²) in [4.78, 5) is 23.0. The molecule has 1 amide bonds. The van der Waals surface area contributed by atoms with E-state index in [0.717, 1.165) is 58.7 Å². The first-order chi connectivity index (χ1) is 18.3. The van der Waals surface area contributed by atoms with Gasteiger partial charge < -0.3 is 20.7 Å². The van der Waals surface area contributed by atoms with Crippen molar-refractivity contribution < 1.29 is 9.53 Å². The molecule has 0 bridgehead atoms. The number of piperidine rings is 1. The summed E-state index contributed by atoms with van der Waals surface area (Å²) in [5, 5.41) is 3.57. The first-order valence-corrected chi connectivity index (χ1v) is 13.0. The van der Waals surface area contributed by atoms with Gasteiger partial charge in [-0.25, -0.2) is 9.79 Å². The first-order valence-electron chi connectivity index (χ1n) is 13.0. The number of ether oxygens (including phenoxy) is 1. The van der Waals surface area contributed by atoms with E-state index in [2.05, 4.69) is 41.7 Å². The van der Waals surface area contributed by atoms with Crippen LogP contribution in [0.3, 0.4) is 0 Å². The molecule has 1 aliphatic heterocycles. The van der Waals surface area contributed by atoms with Crippen molar-refractivity contribution in [2.24, 2.45) is 21.6 Å². The molecule has 0 unspecified atom stereocenters. The van der Waals surface area contributed by atoms with Gasteiger partial charge in [-0.1, -0.05) is 61.7 Å². The zero-order valence-electron chi connectivity index (χ0n) is 22.7. The van der Waals surface area contributed by atoms with Crippen molar-refractivity contribution in [1.82, 2.24) is 10.2 Å². The molecule has 38 heavy (non-hydrogen) atoms. The highest BCUT2D eigenvalue weighted by atomic mass is 16.6. The Balaban J connectivity index is 1.83. The summed E-state index contributed by atoms with van der Waals surface area (Å²) in [6, 6.07) is 16.3. The van der Waals surface area contributed by atoms with Crippen LogP contribution in [-0.4, -0.2) is 48.8 Å². The van der Waals surface area contributed by atoms with Crippen molar-refractivity contribution in [3.63, 3.8) is 0 Å². The number of hydrogen-bond donors (Lipinski definition) is 2. The topological polar surface area (TPSA) is 92.3 Å².